The van der Waals surface area contributed by atoms with Crippen LogP contribution in [0.25, 0.3) is 22.8 Å². The average molecular weight is 373 g/mol. The minimum Gasteiger partial charge on any atom is -0.316 e. The molecule has 3 aromatic rings. The van der Waals surface area contributed by atoms with Gasteiger partial charge in [-0.2, -0.15) is 4.98 Å². The van der Waals surface area contributed by atoms with Crippen LogP contribution in [-0.4, -0.2) is 22.0 Å². The van der Waals surface area contributed by atoms with E-state index in [0.29, 0.717) is 40.5 Å². The molecule has 0 saturated heterocycles. The smallest absolute Gasteiger partial charge is 0.316 e. The number of nitrogens with one attached hydrogen (secondary N) is 2. The van der Waals surface area contributed by atoms with Crippen molar-refractivity contribution in [3.05, 3.63) is 68.8 Å². The number of aromatic nitrogens is 3. The molecule has 134 valence electrons. The molecule has 0 unspecified atom stereocenters. The van der Waals surface area contributed by atoms with E-state index in [9.17, 15) is 9.18 Å². The van der Waals surface area contributed by atoms with E-state index in [-0.39, 0.29) is 11.6 Å². The highest BCUT2D eigenvalue weighted by Gasteiger charge is 2.12. The lowest BCUT2D eigenvalue weighted by Gasteiger charge is -2.09. The molecule has 5 nitrogen and oxygen atoms in total. The molecule has 1 heterocycles. The molecule has 0 spiro atoms. The molecule has 3 rings (SSSR count). The first-order chi connectivity index (χ1) is 12.5. The van der Waals surface area contributed by atoms with Crippen LogP contribution in [0.5, 0.6) is 0 Å². The molecule has 0 aliphatic rings. The van der Waals surface area contributed by atoms with E-state index in [2.05, 4.69) is 20.3 Å². The van der Waals surface area contributed by atoms with Gasteiger partial charge in [-0.25, -0.2) is 14.2 Å². The molecule has 0 bridgehead atoms. The van der Waals surface area contributed by atoms with Gasteiger partial charge in [0.25, 0.3) is 0 Å². The third-order valence-electron chi connectivity index (χ3n) is 4.00. The number of H-pyrrole nitrogens is 1. The zero-order valence-electron chi connectivity index (χ0n) is 14.4. The first-order valence-electron chi connectivity index (χ1n) is 8.22. The lowest BCUT2D eigenvalue weighted by atomic mass is 10.1. The summed E-state index contributed by atoms with van der Waals surface area (Å²) in [6.45, 7) is 2.52. The standard InChI is InChI=1S/C19H18ClFN4O/c1-3-12-9-13(5-7-16(12)21)17-23-18(25-19(26)24-17)14-8-11(10-22-2)4-6-15(14)20/h4-9,22H,3,10H2,1-2H3,(H,23,24,25,26). The molecule has 0 saturated carbocycles. The fourth-order valence-electron chi connectivity index (χ4n) is 2.69. The summed E-state index contributed by atoms with van der Waals surface area (Å²) in [5.74, 6) is 0.267. The van der Waals surface area contributed by atoms with Crippen LogP contribution < -0.4 is 11.0 Å². The number of rotatable bonds is 5. The van der Waals surface area contributed by atoms with E-state index in [1.807, 2.05) is 26.1 Å². The van der Waals surface area contributed by atoms with Gasteiger partial charge in [0.05, 0.1) is 5.02 Å². The van der Waals surface area contributed by atoms with E-state index in [4.69, 9.17) is 11.6 Å². The Morgan fingerprint density at radius 1 is 1.19 bits per heavy atom. The number of benzene rings is 2. The van der Waals surface area contributed by atoms with Crippen LogP contribution in [0.4, 0.5) is 4.39 Å². The third kappa shape index (κ3) is 3.81. The third-order valence-corrected chi connectivity index (χ3v) is 4.33. The Labute approximate surface area is 155 Å². The minimum absolute atomic E-state index is 0.230. The van der Waals surface area contributed by atoms with Gasteiger partial charge in [-0.15, -0.1) is 0 Å². The van der Waals surface area contributed by atoms with Crippen molar-refractivity contribution >= 4 is 11.6 Å². The topological polar surface area (TPSA) is 70.7 Å². The van der Waals surface area contributed by atoms with Crippen molar-refractivity contribution in [2.75, 3.05) is 7.05 Å². The van der Waals surface area contributed by atoms with Crippen LogP contribution in [0, 0.1) is 5.82 Å². The summed E-state index contributed by atoms with van der Waals surface area (Å²) in [5, 5.41) is 3.54. The van der Waals surface area contributed by atoms with E-state index in [0.717, 1.165) is 5.56 Å². The number of halogens is 2. The average Bonchev–Trinajstić information content (AvgIpc) is 2.63. The van der Waals surface area contributed by atoms with Gasteiger partial charge in [0.2, 0.25) is 0 Å². The monoisotopic (exact) mass is 372 g/mol. The highest BCUT2D eigenvalue weighted by atomic mass is 35.5. The molecular formula is C19H18ClFN4O. The van der Waals surface area contributed by atoms with Crippen molar-refractivity contribution in [3.8, 4) is 22.8 Å². The first kappa shape index (κ1) is 18.2. The van der Waals surface area contributed by atoms with Gasteiger partial charge >= 0.3 is 5.69 Å². The van der Waals surface area contributed by atoms with Crippen molar-refractivity contribution in [2.45, 2.75) is 19.9 Å². The Morgan fingerprint density at radius 2 is 2.00 bits per heavy atom. The van der Waals surface area contributed by atoms with Gasteiger partial charge in [-0.3, -0.25) is 4.98 Å². The number of hydrogen-bond acceptors (Lipinski definition) is 4. The lowest BCUT2D eigenvalue weighted by molar-refractivity contribution is 0.612. The molecule has 0 aliphatic heterocycles. The van der Waals surface area contributed by atoms with Crippen LogP contribution in [0.1, 0.15) is 18.1 Å². The number of aryl methyl sites for hydroxylation is 1. The maximum Gasteiger partial charge on any atom is 0.348 e. The van der Waals surface area contributed by atoms with Crippen molar-refractivity contribution < 1.29 is 4.39 Å². The summed E-state index contributed by atoms with van der Waals surface area (Å²) < 4.78 is 13.7. The lowest BCUT2D eigenvalue weighted by Crippen LogP contribution is -2.15. The number of nitrogens with zero attached hydrogens (tertiary/aromatic N) is 2. The Balaban J connectivity index is 2.12. The van der Waals surface area contributed by atoms with Crippen molar-refractivity contribution in [1.82, 2.24) is 20.3 Å². The van der Waals surface area contributed by atoms with Crippen LogP contribution in [0.2, 0.25) is 5.02 Å². The van der Waals surface area contributed by atoms with Gasteiger partial charge in [-0.05, 0) is 54.9 Å². The molecule has 0 radical (unpaired) electrons. The molecule has 2 aromatic carbocycles. The van der Waals surface area contributed by atoms with Crippen molar-refractivity contribution in [1.29, 1.82) is 0 Å². The SMILES string of the molecule is CCc1cc(-c2nc(-c3cc(CNC)ccc3Cl)[nH]c(=O)n2)ccc1F. The molecule has 0 fully saturated rings. The fourth-order valence-corrected chi connectivity index (χ4v) is 2.90. The van der Waals surface area contributed by atoms with E-state index < -0.39 is 5.69 Å². The van der Waals surface area contributed by atoms with Crippen LogP contribution in [0.15, 0.2) is 41.2 Å². The minimum atomic E-state index is -0.539. The van der Waals surface area contributed by atoms with Gasteiger partial charge in [0.15, 0.2) is 5.82 Å². The van der Waals surface area contributed by atoms with E-state index in [1.165, 1.54) is 6.07 Å². The molecule has 1 aromatic heterocycles. The summed E-state index contributed by atoms with van der Waals surface area (Å²) in [4.78, 5) is 23.1. The Hall–Kier alpha value is -2.57. The number of hydrogen-bond donors (Lipinski definition) is 2. The van der Waals surface area contributed by atoms with Crippen molar-refractivity contribution in [2.24, 2.45) is 0 Å². The predicted molar refractivity (Wildman–Crippen MR) is 101 cm³/mol. The van der Waals surface area contributed by atoms with Crippen molar-refractivity contribution in [3.63, 3.8) is 0 Å². The number of aromatic amines is 1. The Morgan fingerprint density at radius 3 is 2.73 bits per heavy atom. The highest BCUT2D eigenvalue weighted by Crippen LogP contribution is 2.27. The molecule has 26 heavy (non-hydrogen) atoms. The maximum absolute atomic E-state index is 13.7. The molecule has 2 N–H and O–H groups in total. The van der Waals surface area contributed by atoms with E-state index in [1.54, 1.807) is 18.2 Å². The summed E-state index contributed by atoms with van der Waals surface area (Å²) in [5.41, 5.74) is 2.20. The second kappa shape index (κ2) is 7.76. The fraction of sp³-hybridized carbons (Fsp3) is 0.211. The summed E-state index contributed by atoms with van der Waals surface area (Å²) in [6.07, 6.45) is 0.535. The normalized spacial score (nSPS) is 10.9. The van der Waals surface area contributed by atoms with Gasteiger partial charge in [0.1, 0.15) is 11.6 Å². The van der Waals surface area contributed by atoms with Crippen LogP contribution >= 0.6 is 11.6 Å². The van der Waals surface area contributed by atoms with E-state index >= 15 is 0 Å². The molecule has 0 aliphatic carbocycles. The Bertz CT molecular complexity index is 1000. The molecule has 7 heteroatoms. The summed E-state index contributed by atoms with van der Waals surface area (Å²) in [6, 6.07) is 10.1. The summed E-state index contributed by atoms with van der Waals surface area (Å²) in [7, 11) is 1.85. The zero-order chi connectivity index (χ0) is 18.7. The Kier molecular flexibility index (Phi) is 5.44. The second-order valence-electron chi connectivity index (χ2n) is 5.83. The molecule has 0 atom stereocenters. The van der Waals surface area contributed by atoms with Gasteiger partial charge < -0.3 is 5.32 Å². The highest BCUT2D eigenvalue weighted by molar-refractivity contribution is 6.33. The predicted octanol–water partition coefficient (Wildman–Crippen LogP) is 3.57. The maximum atomic E-state index is 13.7. The first-order valence-corrected chi connectivity index (χ1v) is 8.60. The van der Waals surface area contributed by atoms with Crippen LogP contribution in [0.3, 0.4) is 0 Å². The quantitative estimate of drug-likeness (QED) is 0.718. The molecular weight excluding hydrogens is 355 g/mol. The second-order valence-corrected chi connectivity index (χ2v) is 6.24. The van der Waals surface area contributed by atoms with Gasteiger partial charge in [-0.1, -0.05) is 24.6 Å². The summed E-state index contributed by atoms with van der Waals surface area (Å²) >= 11 is 6.30. The zero-order valence-corrected chi connectivity index (χ0v) is 15.2. The van der Waals surface area contributed by atoms with Crippen LogP contribution in [-0.2, 0) is 13.0 Å². The molecule has 0 amide bonds. The van der Waals surface area contributed by atoms with Gasteiger partial charge in [0, 0.05) is 17.7 Å². The largest absolute Gasteiger partial charge is 0.348 e.